The third kappa shape index (κ3) is 4.74. The minimum atomic E-state index is -3.09. The van der Waals surface area contributed by atoms with Crippen LogP contribution in [0.1, 0.15) is 18.4 Å². The van der Waals surface area contributed by atoms with Crippen LogP contribution in [0.5, 0.6) is 0 Å². The largest absolute Gasteiger partial charge is 0.330 e. The standard InChI is InChI=1S/C14H22N2O2S.ClH/c1-19(17,18)14-4-2-13(3-5-14)11-16-8-6-12(10-15)7-9-16;/h2-5,12H,6-11,15H2,1H3;1H. The Morgan fingerprint density at radius 2 is 1.75 bits per heavy atom. The number of sulfone groups is 1. The van der Waals surface area contributed by atoms with E-state index in [-0.39, 0.29) is 12.4 Å². The third-order valence-electron chi connectivity index (χ3n) is 3.80. The van der Waals surface area contributed by atoms with Crippen LogP contribution in [0.25, 0.3) is 0 Å². The molecule has 0 amide bonds. The van der Waals surface area contributed by atoms with E-state index >= 15 is 0 Å². The Balaban J connectivity index is 0.00000200. The first-order valence-electron chi connectivity index (χ1n) is 6.70. The Labute approximate surface area is 127 Å². The van der Waals surface area contributed by atoms with E-state index in [0.717, 1.165) is 39.0 Å². The van der Waals surface area contributed by atoms with Crippen molar-refractivity contribution in [2.75, 3.05) is 25.9 Å². The molecule has 0 atom stereocenters. The number of hydrogen-bond donors (Lipinski definition) is 1. The zero-order valence-corrected chi connectivity index (χ0v) is 13.4. The Morgan fingerprint density at radius 3 is 2.20 bits per heavy atom. The van der Waals surface area contributed by atoms with Gasteiger partial charge < -0.3 is 5.73 Å². The lowest BCUT2D eigenvalue weighted by Crippen LogP contribution is -2.35. The fourth-order valence-corrected chi connectivity index (χ4v) is 3.11. The molecule has 20 heavy (non-hydrogen) atoms. The summed E-state index contributed by atoms with van der Waals surface area (Å²) < 4.78 is 22.8. The molecular formula is C14H23ClN2O2S. The van der Waals surface area contributed by atoms with E-state index in [1.54, 1.807) is 12.1 Å². The molecule has 114 valence electrons. The van der Waals surface area contributed by atoms with E-state index in [1.165, 1.54) is 11.8 Å². The number of hydrogen-bond acceptors (Lipinski definition) is 4. The van der Waals surface area contributed by atoms with E-state index in [1.807, 2.05) is 12.1 Å². The second-order valence-electron chi connectivity index (χ2n) is 5.37. The van der Waals surface area contributed by atoms with Crippen molar-refractivity contribution in [2.24, 2.45) is 11.7 Å². The van der Waals surface area contributed by atoms with Gasteiger partial charge in [0.2, 0.25) is 0 Å². The normalized spacial score (nSPS) is 17.7. The molecule has 1 fully saturated rings. The predicted octanol–water partition coefficient (Wildman–Crippen LogP) is 1.68. The van der Waals surface area contributed by atoms with Gasteiger partial charge in [0.15, 0.2) is 9.84 Å². The van der Waals surface area contributed by atoms with Crippen molar-refractivity contribution in [1.29, 1.82) is 0 Å². The van der Waals surface area contributed by atoms with Gasteiger partial charge >= 0.3 is 0 Å². The maximum atomic E-state index is 11.4. The van der Waals surface area contributed by atoms with Crippen LogP contribution in [0.15, 0.2) is 29.2 Å². The van der Waals surface area contributed by atoms with Crippen molar-refractivity contribution >= 4 is 22.2 Å². The van der Waals surface area contributed by atoms with Gasteiger partial charge in [-0.2, -0.15) is 0 Å². The number of rotatable bonds is 4. The highest BCUT2D eigenvalue weighted by Gasteiger charge is 2.18. The summed E-state index contributed by atoms with van der Waals surface area (Å²) in [5, 5.41) is 0. The molecule has 0 bridgehead atoms. The van der Waals surface area contributed by atoms with E-state index in [4.69, 9.17) is 5.73 Å². The second-order valence-corrected chi connectivity index (χ2v) is 7.39. The SMILES string of the molecule is CS(=O)(=O)c1ccc(CN2CCC(CN)CC2)cc1.Cl. The number of benzene rings is 1. The number of piperidine rings is 1. The molecule has 0 saturated carbocycles. The van der Waals surface area contributed by atoms with E-state index in [9.17, 15) is 8.42 Å². The first-order valence-corrected chi connectivity index (χ1v) is 8.59. The number of nitrogens with zero attached hydrogens (tertiary/aromatic N) is 1. The van der Waals surface area contributed by atoms with E-state index in [2.05, 4.69) is 4.90 Å². The van der Waals surface area contributed by atoms with Gasteiger partial charge in [-0.05, 0) is 56.1 Å². The Bertz CT molecular complexity index is 508. The Hall–Kier alpha value is -0.620. The molecule has 4 nitrogen and oxygen atoms in total. The minimum Gasteiger partial charge on any atom is -0.330 e. The molecule has 1 heterocycles. The average molecular weight is 319 g/mol. The van der Waals surface area contributed by atoms with Crippen LogP contribution in [0, 0.1) is 5.92 Å². The minimum absolute atomic E-state index is 0. The first-order chi connectivity index (χ1) is 8.99. The van der Waals surface area contributed by atoms with Crippen LogP contribution < -0.4 is 5.73 Å². The molecule has 1 saturated heterocycles. The van der Waals surface area contributed by atoms with Gasteiger partial charge in [-0.25, -0.2) is 8.42 Å². The van der Waals surface area contributed by atoms with Crippen LogP contribution in [0.3, 0.4) is 0 Å². The molecule has 0 aliphatic carbocycles. The molecule has 0 radical (unpaired) electrons. The summed E-state index contributed by atoms with van der Waals surface area (Å²) in [5.41, 5.74) is 6.85. The quantitative estimate of drug-likeness (QED) is 0.917. The third-order valence-corrected chi connectivity index (χ3v) is 4.93. The number of likely N-dealkylation sites (tertiary alicyclic amines) is 1. The number of nitrogens with two attached hydrogens (primary N) is 1. The molecule has 1 aromatic carbocycles. The maximum Gasteiger partial charge on any atom is 0.175 e. The molecule has 2 rings (SSSR count). The molecule has 1 aromatic rings. The van der Waals surface area contributed by atoms with Crippen molar-refractivity contribution in [1.82, 2.24) is 4.90 Å². The van der Waals surface area contributed by atoms with Gasteiger partial charge in [0.1, 0.15) is 0 Å². The predicted molar refractivity (Wildman–Crippen MR) is 83.9 cm³/mol. The average Bonchev–Trinajstić information content (AvgIpc) is 2.39. The van der Waals surface area contributed by atoms with Crippen LogP contribution in [-0.4, -0.2) is 39.2 Å². The van der Waals surface area contributed by atoms with Gasteiger partial charge in [0.05, 0.1) is 4.90 Å². The molecule has 0 unspecified atom stereocenters. The Morgan fingerprint density at radius 1 is 1.20 bits per heavy atom. The summed E-state index contributed by atoms with van der Waals surface area (Å²) in [7, 11) is -3.09. The zero-order chi connectivity index (χ0) is 13.9. The van der Waals surface area contributed by atoms with Crippen LogP contribution in [0.4, 0.5) is 0 Å². The van der Waals surface area contributed by atoms with Crippen molar-refractivity contribution in [3.8, 4) is 0 Å². The van der Waals surface area contributed by atoms with Gasteiger partial charge in [0.25, 0.3) is 0 Å². The maximum absolute atomic E-state index is 11.4. The van der Waals surface area contributed by atoms with Gasteiger partial charge in [-0.15, -0.1) is 12.4 Å². The Kier molecular flexibility index (Phi) is 6.45. The lowest BCUT2D eigenvalue weighted by Gasteiger charge is -2.31. The summed E-state index contributed by atoms with van der Waals surface area (Å²) in [6.07, 6.45) is 3.56. The molecule has 2 N–H and O–H groups in total. The van der Waals surface area contributed by atoms with Crippen molar-refractivity contribution in [3.63, 3.8) is 0 Å². The molecule has 6 heteroatoms. The summed E-state index contributed by atoms with van der Waals surface area (Å²) in [4.78, 5) is 2.79. The van der Waals surface area contributed by atoms with Crippen LogP contribution >= 0.6 is 12.4 Å². The van der Waals surface area contributed by atoms with Gasteiger partial charge in [-0.1, -0.05) is 12.1 Å². The molecular weight excluding hydrogens is 296 g/mol. The van der Waals surface area contributed by atoms with Gasteiger partial charge in [-0.3, -0.25) is 4.90 Å². The van der Waals surface area contributed by atoms with Crippen LogP contribution in [-0.2, 0) is 16.4 Å². The lowest BCUT2D eigenvalue weighted by atomic mass is 9.97. The van der Waals surface area contributed by atoms with E-state index < -0.39 is 9.84 Å². The highest BCUT2D eigenvalue weighted by Crippen LogP contribution is 2.18. The smallest absolute Gasteiger partial charge is 0.175 e. The van der Waals surface area contributed by atoms with Crippen LogP contribution in [0.2, 0.25) is 0 Å². The highest BCUT2D eigenvalue weighted by molar-refractivity contribution is 7.90. The zero-order valence-electron chi connectivity index (χ0n) is 11.8. The molecule has 1 aliphatic rings. The number of halogens is 1. The fraction of sp³-hybridized carbons (Fsp3) is 0.571. The lowest BCUT2D eigenvalue weighted by molar-refractivity contribution is 0.180. The summed E-state index contributed by atoms with van der Waals surface area (Å²) in [6.45, 7) is 3.84. The van der Waals surface area contributed by atoms with Crippen molar-refractivity contribution < 1.29 is 8.42 Å². The molecule has 1 aliphatic heterocycles. The van der Waals surface area contributed by atoms with Gasteiger partial charge in [0, 0.05) is 12.8 Å². The topological polar surface area (TPSA) is 63.4 Å². The molecule has 0 aromatic heterocycles. The van der Waals surface area contributed by atoms with Crippen molar-refractivity contribution in [2.45, 2.75) is 24.3 Å². The monoisotopic (exact) mass is 318 g/mol. The molecule has 0 spiro atoms. The first kappa shape index (κ1) is 17.4. The second kappa shape index (κ2) is 7.41. The summed E-state index contributed by atoms with van der Waals surface area (Å²) in [5.74, 6) is 0.670. The van der Waals surface area contributed by atoms with Crippen molar-refractivity contribution in [3.05, 3.63) is 29.8 Å². The highest BCUT2D eigenvalue weighted by atomic mass is 35.5. The van der Waals surface area contributed by atoms with E-state index in [0.29, 0.717) is 10.8 Å². The fourth-order valence-electron chi connectivity index (χ4n) is 2.48. The summed E-state index contributed by atoms with van der Waals surface area (Å²) >= 11 is 0. The summed E-state index contributed by atoms with van der Waals surface area (Å²) in [6, 6.07) is 7.20.